The van der Waals surface area contributed by atoms with Gasteiger partial charge in [0.2, 0.25) is 0 Å². The lowest BCUT2D eigenvalue weighted by atomic mass is 10.1. The highest BCUT2D eigenvalue weighted by Gasteiger charge is 2.15. The Labute approximate surface area is 129 Å². The fourth-order valence-corrected chi connectivity index (χ4v) is 2.25. The van der Waals surface area contributed by atoms with Crippen LogP contribution in [0.2, 0.25) is 0 Å². The molecule has 0 bridgehead atoms. The molecule has 0 saturated carbocycles. The normalized spacial score (nSPS) is 13.5. The lowest BCUT2D eigenvalue weighted by molar-refractivity contribution is 0.199. The van der Waals surface area contributed by atoms with Crippen LogP contribution >= 0.6 is 0 Å². The third-order valence-electron chi connectivity index (χ3n) is 3.62. The van der Waals surface area contributed by atoms with Crippen molar-refractivity contribution in [2.75, 3.05) is 17.3 Å². The van der Waals surface area contributed by atoms with Gasteiger partial charge in [0.1, 0.15) is 11.6 Å². The lowest BCUT2D eigenvalue weighted by Gasteiger charge is -2.29. The quantitative estimate of drug-likeness (QED) is 0.822. The summed E-state index contributed by atoms with van der Waals surface area (Å²) in [6, 6.07) is 10.5. The number of anilines is 2. The Morgan fingerprint density at radius 2 is 1.73 bits per heavy atom. The van der Waals surface area contributed by atoms with Crippen LogP contribution in [0.5, 0.6) is 0 Å². The highest BCUT2D eigenvalue weighted by molar-refractivity contribution is 5.55. The van der Waals surface area contributed by atoms with Gasteiger partial charge in [0, 0.05) is 24.0 Å². The van der Waals surface area contributed by atoms with Crippen molar-refractivity contribution in [2.24, 2.45) is 0 Å². The number of rotatable bonds is 5. The molecule has 0 spiro atoms. The molecule has 2 N–H and O–H groups in total. The van der Waals surface area contributed by atoms with E-state index in [2.05, 4.69) is 5.32 Å². The molecule has 22 heavy (non-hydrogen) atoms. The average molecular weight is 306 g/mol. The predicted octanol–water partition coefficient (Wildman–Crippen LogP) is 3.91. The summed E-state index contributed by atoms with van der Waals surface area (Å²) in [5.41, 5.74) is 1.85. The molecule has 0 heterocycles. The first kappa shape index (κ1) is 16.2. The monoisotopic (exact) mass is 306 g/mol. The van der Waals surface area contributed by atoms with E-state index in [9.17, 15) is 13.9 Å². The molecule has 0 radical (unpaired) electrons. The van der Waals surface area contributed by atoms with Gasteiger partial charge in [0.25, 0.3) is 0 Å². The van der Waals surface area contributed by atoms with Crippen molar-refractivity contribution in [3.05, 3.63) is 59.7 Å². The van der Waals surface area contributed by atoms with Crippen LogP contribution in [-0.2, 0) is 0 Å². The van der Waals surface area contributed by atoms with E-state index >= 15 is 0 Å². The minimum atomic E-state index is -0.787. The zero-order valence-electron chi connectivity index (χ0n) is 12.8. The zero-order valence-corrected chi connectivity index (χ0v) is 12.8. The van der Waals surface area contributed by atoms with E-state index in [4.69, 9.17) is 0 Å². The van der Waals surface area contributed by atoms with Gasteiger partial charge in [-0.1, -0.05) is 6.07 Å². The summed E-state index contributed by atoms with van der Waals surface area (Å²) < 4.78 is 26.6. The number of aliphatic hydroxyl groups is 1. The second-order valence-corrected chi connectivity index (χ2v) is 5.32. The van der Waals surface area contributed by atoms with Crippen molar-refractivity contribution in [3.8, 4) is 0 Å². The average Bonchev–Trinajstić information content (AvgIpc) is 2.48. The molecular weight excluding hydrogens is 286 g/mol. The first-order chi connectivity index (χ1) is 10.4. The van der Waals surface area contributed by atoms with Gasteiger partial charge < -0.3 is 15.3 Å². The Hall–Kier alpha value is -2.14. The fourth-order valence-electron chi connectivity index (χ4n) is 2.25. The SMILES string of the molecule is CC(O)c1cc(F)ccc1NC(C)N(C)c1cccc(F)c1. The summed E-state index contributed by atoms with van der Waals surface area (Å²) in [7, 11) is 1.83. The van der Waals surface area contributed by atoms with Gasteiger partial charge in [-0.05, 0) is 50.2 Å². The third-order valence-corrected chi connectivity index (χ3v) is 3.62. The van der Waals surface area contributed by atoms with Crippen molar-refractivity contribution in [3.63, 3.8) is 0 Å². The van der Waals surface area contributed by atoms with Crippen LogP contribution in [0.3, 0.4) is 0 Å². The third kappa shape index (κ3) is 3.74. The minimum absolute atomic E-state index is 0.176. The molecule has 2 unspecified atom stereocenters. The second-order valence-electron chi connectivity index (χ2n) is 5.32. The van der Waals surface area contributed by atoms with Gasteiger partial charge in [-0.2, -0.15) is 0 Å². The van der Waals surface area contributed by atoms with Crippen LogP contribution in [0.1, 0.15) is 25.5 Å². The van der Waals surface area contributed by atoms with E-state index in [0.29, 0.717) is 11.3 Å². The number of hydrogen-bond acceptors (Lipinski definition) is 3. The van der Waals surface area contributed by atoms with E-state index < -0.39 is 11.9 Å². The molecule has 0 aliphatic heterocycles. The molecule has 0 aromatic heterocycles. The highest BCUT2D eigenvalue weighted by Crippen LogP contribution is 2.25. The summed E-state index contributed by atoms with van der Waals surface area (Å²) in [6.07, 6.45) is -0.963. The maximum atomic E-state index is 13.3. The molecule has 5 heteroatoms. The number of halogens is 2. The summed E-state index contributed by atoms with van der Waals surface area (Å²) in [5, 5.41) is 13.0. The van der Waals surface area contributed by atoms with Gasteiger partial charge >= 0.3 is 0 Å². The number of nitrogens with one attached hydrogen (secondary N) is 1. The summed E-state index contributed by atoms with van der Waals surface area (Å²) in [6.45, 7) is 3.49. The Bertz CT molecular complexity index is 646. The van der Waals surface area contributed by atoms with Gasteiger partial charge in [-0.15, -0.1) is 0 Å². The van der Waals surface area contributed by atoms with Crippen LogP contribution in [-0.4, -0.2) is 18.3 Å². The smallest absolute Gasteiger partial charge is 0.125 e. The Morgan fingerprint density at radius 1 is 1.05 bits per heavy atom. The Morgan fingerprint density at radius 3 is 2.36 bits per heavy atom. The molecular formula is C17H20F2N2O. The maximum absolute atomic E-state index is 13.3. The van der Waals surface area contributed by atoms with Gasteiger partial charge in [0.05, 0.1) is 12.3 Å². The van der Waals surface area contributed by atoms with Crippen molar-refractivity contribution >= 4 is 11.4 Å². The first-order valence-electron chi connectivity index (χ1n) is 7.11. The summed E-state index contributed by atoms with van der Waals surface area (Å²) in [4.78, 5) is 1.86. The van der Waals surface area contributed by atoms with Crippen LogP contribution in [0.15, 0.2) is 42.5 Å². The lowest BCUT2D eigenvalue weighted by Crippen LogP contribution is -2.35. The largest absolute Gasteiger partial charge is 0.389 e. The van der Waals surface area contributed by atoms with E-state index in [1.54, 1.807) is 19.1 Å². The molecule has 0 aliphatic rings. The van der Waals surface area contributed by atoms with Gasteiger partial charge in [-0.3, -0.25) is 0 Å². The van der Waals surface area contributed by atoms with Gasteiger partial charge in [-0.25, -0.2) is 8.78 Å². The van der Waals surface area contributed by atoms with Crippen LogP contribution < -0.4 is 10.2 Å². The van der Waals surface area contributed by atoms with E-state index in [1.807, 2.05) is 24.9 Å². The van der Waals surface area contributed by atoms with E-state index in [-0.39, 0.29) is 12.0 Å². The predicted molar refractivity (Wildman–Crippen MR) is 84.9 cm³/mol. The van der Waals surface area contributed by atoms with Crippen LogP contribution in [0.4, 0.5) is 20.2 Å². The van der Waals surface area contributed by atoms with Gasteiger partial charge in [0.15, 0.2) is 0 Å². The standard InChI is InChI=1S/C17H20F2N2O/c1-11(22)16-10-14(19)7-8-17(16)20-12(2)21(3)15-6-4-5-13(18)9-15/h4-12,20,22H,1-3H3. The Balaban J connectivity index is 2.20. The molecule has 0 aliphatic carbocycles. The zero-order chi connectivity index (χ0) is 16.3. The summed E-state index contributed by atoms with van der Waals surface area (Å²) >= 11 is 0. The molecule has 2 aromatic carbocycles. The molecule has 0 fully saturated rings. The molecule has 2 atom stereocenters. The fraction of sp³-hybridized carbons (Fsp3) is 0.294. The molecule has 2 rings (SSSR count). The van der Waals surface area contributed by atoms with Crippen molar-refractivity contribution in [2.45, 2.75) is 26.1 Å². The second kappa shape index (κ2) is 6.75. The van der Waals surface area contributed by atoms with E-state index in [0.717, 1.165) is 5.69 Å². The van der Waals surface area contributed by atoms with E-state index in [1.165, 1.54) is 24.3 Å². The van der Waals surface area contributed by atoms with Crippen molar-refractivity contribution < 1.29 is 13.9 Å². The first-order valence-corrected chi connectivity index (χ1v) is 7.11. The summed E-state index contributed by atoms with van der Waals surface area (Å²) in [5.74, 6) is -0.699. The maximum Gasteiger partial charge on any atom is 0.125 e. The number of aliphatic hydroxyl groups excluding tert-OH is 1. The molecule has 2 aromatic rings. The number of nitrogens with zero attached hydrogens (tertiary/aromatic N) is 1. The van der Waals surface area contributed by atoms with Crippen LogP contribution in [0, 0.1) is 11.6 Å². The molecule has 118 valence electrons. The Kier molecular flexibility index (Phi) is 4.98. The number of hydrogen-bond donors (Lipinski definition) is 2. The molecule has 3 nitrogen and oxygen atoms in total. The molecule has 0 saturated heterocycles. The minimum Gasteiger partial charge on any atom is -0.389 e. The van der Waals surface area contributed by atoms with Crippen LogP contribution in [0.25, 0.3) is 0 Å². The highest BCUT2D eigenvalue weighted by atomic mass is 19.1. The van der Waals surface area contributed by atoms with Crippen molar-refractivity contribution in [1.29, 1.82) is 0 Å². The topological polar surface area (TPSA) is 35.5 Å². The van der Waals surface area contributed by atoms with Crippen molar-refractivity contribution in [1.82, 2.24) is 0 Å². The number of benzene rings is 2. The molecule has 0 amide bonds.